The molecular formula is C13H11BrFNO2. The number of aliphatic hydroxyl groups excluding tert-OH is 1. The highest BCUT2D eigenvalue weighted by molar-refractivity contribution is 9.10. The molecule has 3 nitrogen and oxygen atoms in total. The van der Waals surface area contributed by atoms with E-state index in [1.54, 1.807) is 25.1 Å². The Balaban J connectivity index is 2.18. The molecule has 5 heteroatoms. The van der Waals surface area contributed by atoms with Crippen molar-refractivity contribution < 1.29 is 14.2 Å². The van der Waals surface area contributed by atoms with Gasteiger partial charge in [0.2, 0.25) is 0 Å². The molecule has 18 heavy (non-hydrogen) atoms. The molecule has 0 spiro atoms. The first kappa shape index (κ1) is 13.0. The number of nitrogens with zero attached hydrogens (tertiary/aromatic N) is 1. The van der Waals surface area contributed by atoms with Crippen molar-refractivity contribution in [2.24, 2.45) is 0 Å². The second-order valence-corrected chi connectivity index (χ2v) is 4.69. The summed E-state index contributed by atoms with van der Waals surface area (Å²) in [7, 11) is 0. The Hall–Kier alpha value is -1.46. The van der Waals surface area contributed by atoms with E-state index in [4.69, 9.17) is 4.74 Å². The minimum Gasteiger partial charge on any atom is -0.453 e. The largest absolute Gasteiger partial charge is 0.453 e. The van der Waals surface area contributed by atoms with Crippen molar-refractivity contribution in [3.8, 4) is 11.5 Å². The van der Waals surface area contributed by atoms with Gasteiger partial charge in [-0.2, -0.15) is 0 Å². The fraction of sp³-hybridized carbons (Fsp3) is 0.154. The average Bonchev–Trinajstić information content (AvgIpc) is 2.33. The van der Waals surface area contributed by atoms with Crippen LogP contribution in [0.4, 0.5) is 4.39 Å². The number of rotatable bonds is 3. The molecule has 0 aliphatic heterocycles. The zero-order valence-corrected chi connectivity index (χ0v) is 11.2. The van der Waals surface area contributed by atoms with Crippen LogP contribution < -0.4 is 4.74 Å². The van der Waals surface area contributed by atoms with E-state index < -0.39 is 11.9 Å². The summed E-state index contributed by atoms with van der Waals surface area (Å²) in [5, 5.41) is 9.31. The van der Waals surface area contributed by atoms with Gasteiger partial charge in [0.15, 0.2) is 11.6 Å². The van der Waals surface area contributed by atoms with Gasteiger partial charge in [0, 0.05) is 4.47 Å². The van der Waals surface area contributed by atoms with Crippen LogP contribution in [-0.2, 0) is 0 Å². The van der Waals surface area contributed by atoms with Gasteiger partial charge in [-0.15, -0.1) is 0 Å². The molecule has 1 aromatic carbocycles. The number of benzene rings is 1. The lowest BCUT2D eigenvalue weighted by atomic mass is 10.2. The molecule has 1 atom stereocenters. The minimum atomic E-state index is -0.636. The van der Waals surface area contributed by atoms with Crippen LogP contribution in [-0.4, -0.2) is 10.1 Å². The third-order valence-corrected chi connectivity index (χ3v) is 2.80. The van der Waals surface area contributed by atoms with E-state index in [-0.39, 0.29) is 5.75 Å². The molecule has 0 saturated heterocycles. The molecule has 2 rings (SSSR count). The van der Waals surface area contributed by atoms with E-state index in [1.165, 1.54) is 18.3 Å². The molecule has 0 aliphatic carbocycles. The van der Waals surface area contributed by atoms with E-state index in [2.05, 4.69) is 20.9 Å². The summed E-state index contributed by atoms with van der Waals surface area (Å²) in [4.78, 5) is 4.01. The fourth-order valence-corrected chi connectivity index (χ4v) is 1.72. The second-order valence-electron chi connectivity index (χ2n) is 3.77. The van der Waals surface area contributed by atoms with Gasteiger partial charge in [0.1, 0.15) is 5.75 Å². The zero-order chi connectivity index (χ0) is 13.1. The van der Waals surface area contributed by atoms with E-state index >= 15 is 0 Å². The summed E-state index contributed by atoms with van der Waals surface area (Å²) < 4.78 is 19.5. The molecule has 0 radical (unpaired) electrons. The van der Waals surface area contributed by atoms with Gasteiger partial charge in [-0.05, 0) is 37.3 Å². The van der Waals surface area contributed by atoms with Gasteiger partial charge in [-0.1, -0.05) is 15.9 Å². The van der Waals surface area contributed by atoms with E-state index in [0.29, 0.717) is 15.9 Å². The number of aromatic nitrogens is 1. The molecular weight excluding hydrogens is 301 g/mol. The summed E-state index contributed by atoms with van der Waals surface area (Å²) in [6, 6.07) is 7.82. The predicted octanol–water partition coefficient (Wildman–Crippen LogP) is 3.83. The van der Waals surface area contributed by atoms with Crippen LogP contribution in [0.5, 0.6) is 11.5 Å². The molecule has 1 N–H and O–H groups in total. The fourth-order valence-electron chi connectivity index (χ4n) is 1.38. The molecule has 94 valence electrons. The smallest absolute Gasteiger partial charge is 0.166 e. The molecule has 1 heterocycles. The number of ether oxygens (including phenoxy) is 1. The topological polar surface area (TPSA) is 42.4 Å². The van der Waals surface area contributed by atoms with Crippen molar-refractivity contribution in [2.75, 3.05) is 0 Å². The molecule has 0 saturated carbocycles. The first-order chi connectivity index (χ1) is 8.56. The van der Waals surface area contributed by atoms with Gasteiger partial charge in [-0.25, -0.2) is 4.39 Å². The standard InChI is InChI=1S/C13H11BrFNO2/c1-8(17)12-4-3-10(7-16-12)18-13-5-2-9(14)6-11(13)15/h2-8,17H,1H3/t8-/m1/s1. The van der Waals surface area contributed by atoms with Gasteiger partial charge >= 0.3 is 0 Å². The maximum atomic E-state index is 13.5. The highest BCUT2D eigenvalue weighted by Crippen LogP contribution is 2.26. The monoisotopic (exact) mass is 311 g/mol. The lowest BCUT2D eigenvalue weighted by Crippen LogP contribution is -1.95. The van der Waals surface area contributed by atoms with Gasteiger partial charge in [0.25, 0.3) is 0 Å². The lowest BCUT2D eigenvalue weighted by molar-refractivity contribution is 0.194. The Morgan fingerprint density at radius 1 is 1.33 bits per heavy atom. The summed E-state index contributed by atoms with van der Waals surface area (Å²) in [5.74, 6) is 0.0920. The Labute approximate surface area is 112 Å². The van der Waals surface area contributed by atoms with Crippen LogP contribution in [0.1, 0.15) is 18.7 Å². The highest BCUT2D eigenvalue weighted by atomic mass is 79.9. The summed E-state index contributed by atoms with van der Waals surface area (Å²) in [6.45, 7) is 1.62. The minimum absolute atomic E-state index is 0.129. The quantitative estimate of drug-likeness (QED) is 0.936. The number of hydrogen-bond acceptors (Lipinski definition) is 3. The van der Waals surface area contributed by atoms with Crippen molar-refractivity contribution in [3.63, 3.8) is 0 Å². The highest BCUT2D eigenvalue weighted by Gasteiger charge is 2.07. The summed E-state index contributed by atoms with van der Waals surface area (Å²) in [5.41, 5.74) is 0.540. The molecule has 0 aliphatic rings. The van der Waals surface area contributed by atoms with Crippen LogP contribution in [0, 0.1) is 5.82 Å². The van der Waals surface area contributed by atoms with Gasteiger partial charge in [-0.3, -0.25) is 4.98 Å². The Morgan fingerprint density at radius 2 is 2.11 bits per heavy atom. The predicted molar refractivity (Wildman–Crippen MR) is 69.0 cm³/mol. The number of aliphatic hydroxyl groups is 1. The number of hydrogen-bond donors (Lipinski definition) is 1. The molecule has 0 bridgehead atoms. The maximum Gasteiger partial charge on any atom is 0.166 e. The average molecular weight is 312 g/mol. The van der Waals surface area contributed by atoms with Crippen molar-refractivity contribution in [3.05, 3.63) is 52.5 Å². The zero-order valence-electron chi connectivity index (χ0n) is 9.60. The maximum absolute atomic E-state index is 13.5. The second kappa shape index (κ2) is 5.46. The normalized spacial score (nSPS) is 12.2. The van der Waals surface area contributed by atoms with Crippen LogP contribution in [0.2, 0.25) is 0 Å². The summed E-state index contributed by atoms with van der Waals surface area (Å²) >= 11 is 3.17. The molecule has 0 amide bonds. The van der Waals surface area contributed by atoms with Crippen molar-refractivity contribution in [2.45, 2.75) is 13.0 Å². The van der Waals surface area contributed by atoms with Crippen LogP contribution in [0.15, 0.2) is 41.0 Å². The SMILES string of the molecule is C[C@@H](O)c1ccc(Oc2ccc(Br)cc2F)cn1. The van der Waals surface area contributed by atoms with E-state index in [9.17, 15) is 9.50 Å². The van der Waals surface area contributed by atoms with Gasteiger partial charge < -0.3 is 9.84 Å². The third kappa shape index (κ3) is 3.05. The first-order valence-electron chi connectivity index (χ1n) is 5.33. The number of pyridine rings is 1. The first-order valence-corrected chi connectivity index (χ1v) is 6.12. The van der Waals surface area contributed by atoms with Crippen molar-refractivity contribution in [1.82, 2.24) is 4.98 Å². The summed E-state index contributed by atoms with van der Waals surface area (Å²) in [6.07, 6.45) is 0.812. The Kier molecular flexibility index (Phi) is 3.93. The van der Waals surface area contributed by atoms with Crippen molar-refractivity contribution >= 4 is 15.9 Å². The molecule has 0 fully saturated rings. The molecule has 2 aromatic rings. The Morgan fingerprint density at radius 3 is 2.67 bits per heavy atom. The lowest BCUT2D eigenvalue weighted by Gasteiger charge is -2.08. The van der Waals surface area contributed by atoms with Crippen molar-refractivity contribution in [1.29, 1.82) is 0 Å². The Bertz CT molecular complexity index is 543. The van der Waals surface area contributed by atoms with Crippen LogP contribution in [0.25, 0.3) is 0 Å². The molecule has 0 unspecified atom stereocenters. The van der Waals surface area contributed by atoms with Crippen LogP contribution >= 0.6 is 15.9 Å². The molecule has 1 aromatic heterocycles. The van der Waals surface area contributed by atoms with E-state index in [1.807, 2.05) is 0 Å². The van der Waals surface area contributed by atoms with Crippen LogP contribution in [0.3, 0.4) is 0 Å². The third-order valence-electron chi connectivity index (χ3n) is 2.31. The van der Waals surface area contributed by atoms with Gasteiger partial charge in [0.05, 0.1) is 18.0 Å². The number of halogens is 2. The van der Waals surface area contributed by atoms with E-state index in [0.717, 1.165) is 0 Å².